The quantitative estimate of drug-likeness (QED) is 0.800. The van der Waals surface area contributed by atoms with Gasteiger partial charge in [0.25, 0.3) is 10.0 Å². The Morgan fingerprint density at radius 2 is 1.67 bits per heavy atom. The van der Waals surface area contributed by atoms with Crippen LogP contribution < -0.4 is 9.04 Å². The lowest BCUT2D eigenvalue weighted by atomic mass is 10.2. The van der Waals surface area contributed by atoms with Gasteiger partial charge in [0.1, 0.15) is 5.75 Å². The molecule has 9 heteroatoms. The molecule has 0 atom stereocenters. The normalized spacial score (nSPS) is 12.1. The molecule has 0 saturated heterocycles. The predicted molar refractivity (Wildman–Crippen MR) is 85.0 cm³/mol. The van der Waals surface area contributed by atoms with E-state index >= 15 is 0 Å². The van der Waals surface area contributed by atoms with E-state index in [-0.39, 0.29) is 10.6 Å². The molecule has 2 rings (SSSR count). The van der Waals surface area contributed by atoms with Gasteiger partial charge in [0.15, 0.2) is 0 Å². The third-order valence-electron chi connectivity index (χ3n) is 3.34. The van der Waals surface area contributed by atoms with Crippen molar-refractivity contribution in [2.24, 2.45) is 0 Å². The van der Waals surface area contributed by atoms with E-state index in [1.165, 1.54) is 44.5 Å². The van der Waals surface area contributed by atoms with Gasteiger partial charge in [-0.25, -0.2) is 8.42 Å². The molecule has 0 heterocycles. The second-order valence-electron chi connectivity index (χ2n) is 4.81. The number of hydrogen-bond donors (Lipinski definition) is 0. The molecule has 0 bridgehead atoms. The molecule has 4 nitrogen and oxygen atoms in total. The van der Waals surface area contributed by atoms with Crippen molar-refractivity contribution in [2.75, 3.05) is 18.5 Å². The Morgan fingerprint density at radius 1 is 1.08 bits per heavy atom. The van der Waals surface area contributed by atoms with Crippen LogP contribution in [0.4, 0.5) is 18.9 Å². The Balaban J connectivity index is 2.45. The zero-order chi connectivity index (χ0) is 18.1. The zero-order valence-electron chi connectivity index (χ0n) is 12.6. The lowest BCUT2D eigenvalue weighted by molar-refractivity contribution is -0.137. The minimum atomic E-state index is -4.68. The van der Waals surface area contributed by atoms with Crippen LogP contribution in [-0.2, 0) is 16.2 Å². The molecular weight excluding hydrogens is 367 g/mol. The number of alkyl halides is 3. The molecular formula is C15H13ClF3NO3S. The first-order valence-corrected chi connectivity index (χ1v) is 8.39. The molecule has 0 fully saturated rings. The number of nitrogens with zero attached hydrogens (tertiary/aromatic N) is 1. The van der Waals surface area contributed by atoms with Crippen LogP contribution in [0.2, 0.25) is 5.02 Å². The van der Waals surface area contributed by atoms with Crippen LogP contribution in [0.5, 0.6) is 5.75 Å². The molecule has 0 saturated carbocycles. The molecule has 2 aromatic rings. The fraction of sp³-hybridized carbons (Fsp3) is 0.200. The van der Waals surface area contributed by atoms with E-state index in [0.717, 1.165) is 10.4 Å². The van der Waals surface area contributed by atoms with Gasteiger partial charge < -0.3 is 4.74 Å². The Labute approximate surface area is 142 Å². The smallest absolute Gasteiger partial charge is 0.417 e. The van der Waals surface area contributed by atoms with Crippen molar-refractivity contribution in [3.05, 3.63) is 53.1 Å². The fourth-order valence-electron chi connectivity index (χ4n) is 1.97. The minimum Gasteiger partial charge on any atom is -0.497 e. The largest absolute Gasteiger partial charge is 0.497 e. The summed E-state index contributed by atoms with van der Waals surface area (Å²) in [6.07, 6.45) is -4.68. The number of hydrogen-bond acceptors (Lipinski definition) is 3. The monoisotopic (exact) mass is 379 g/mol. The summed E-state index contributed by atoms with van der Waals surface area (Å²) in [7, 11) is -1.42. The van der Waals surface area contributed by atoms with Crippen molar-refractivity contribution in [3.8, 4) is 5.75 Å². The molecule has 0 radical (unpaired) electrons. The summed E-state index contributed by atoms with van der Waals surface area (Å²) in [4.78, 5) is -0.0747. The molecule has 0 amide bonds. The van der Waals surface area contributed by atoms with Crippen molar-refractivity contribution in [2.45, 2.75) is 11.1 Å². The van der Waals surface area contributed by atoms with Gasteiger partial charge in [-0.2, -0.15) is 13.2 Å². The van der Waals surface area contributed by atoms with Gasteiger partial charge in [-0.05, 0) is 42.5 Å². The molecule has 2 aromatic carbocycles. The molecule has 0 aliphatic rings. The van der Waals surface area contributed by atoms with Crippen LogP contribution in [0.25, 0.3) is 0 Å². The molecule has 0 unspecified atom stereocenters. The van der Waals surface area contributed by atoms with E-state index in [1.54, 1.807) is 0 Å². The highest BCUT2D eigenvalue weighted by atomic mass is 35.5. The van der Waals surface area contributed by atoms with Crippen LogP contribution in [-0.4, -0.2) is 22.6 Å². The number of anilines is 1. The summed E-state index contributed by atoms with van der Waals surface area (Å²) < 4.78 is 69.6. The standard InChI is InChI=1S/C15H13ClF3NO3S/c1-20(10-3-8-14(16)13(9-10)15(17,18)19)24(21,22)12-6-4-11(23-2)5-7-12/h3-9H,1-2H3. The molecule has 0 N–H and O–H groups in total. The Hall–Kier alpha value is -1.93. The molecule has 130 valence electrons. The van der Waals surface area contributed by atoms with Crippen molar-refractivity contribution in [1.82, 2.24) is 0 Å². The summed E-state index contributed by atoms with van der Waals surface area (Å²) in [6, 6.07) is 8.44. The molecule has 0 aliphatic carbocycles. The minimum absolute atomic E-state index is 0.0747. The van der Waals surface area contributed by atoms with Crippen molar-refractivity contribution < 1.29 is 26.3 Å². The van der Waals surface area contributed by atoms with Crippen LogP contribution in [0, 0.1) is 0 Å². The SMILES string of the molecule is COc1ccc(S(=O)(=O)N(C)c2ccc(Cl)c(C(F)(F)F)c2)cc1. The van der Waals surface area contributed by atoms with Gasteiger partial charge in [-0.15, -0.1) is 0 Å². The topological polar surface area (TPSA) is 46.6 Å². The van der Waals surface area contributed by atoms with Crippen molar-refractivity contribution in [1.29, 1.82) is 0 Å². The molecule has 0 spiro atoms. The maximum atomic E-state index is 12.9. The molecule has 0 aromatic heterocycles. The highest BCUT2D eigenvalue weighted by molar-refractivity contribution is 7.92. The van der Waals surface area contributed by atoms with Gasteiger partial charge in [0, 0.05) is 7.05 Å². The van der Waals surface area contributed by atoms with E-state index in [0.29, 0.717) is 11.8 Å². The van der Waals surface area contributed by atoms with E-state index in [1.807, 2.05) is 0 Å². The van der Waals surface area contributed by atoms with Gasteiger partial charge in [0.05, 0.1) is 28.3 Å². The van der Waals surface area contributed by atoms with Crippen LogP contribution in [0.3, 0.4) is 0 Å². The maximum absolute atomic E-state index is 12.9. The third-order valence-corrected chi connectivity index (χ3v) is 5.47. The van der Waals surface area contributed by atoms with E-state index < -0.39 is 26.8 Å². The summed E-state index contributed by atoms with van der Waals surface area (Å²) in [5.74, 6) is 0.461. The van der Waals surface area contributed by atoms with Crippen LogP contribution >= 0.6 is 11.6 Å². The van der Waals surface area contributed by atoms with Gasteiger partial charge >= 0.3 is 6.18 Å². The first-order chi connectivity index (χ1) is 11.1. The predicted octanol–water partition coefficient (Wildman–Crippen LogP) is 4.19. The van der Waals surface area contributed by atoms with Gasteiger partial charge in [-0.1, -0.05) is 11.6 Å². The number of sulfonamides is 1. The lowest BCUT2D eigenvalue weighted by Gasteiger charge is -2.21. The number of halogens is 4. The average molecular weight is 380 g/mol. The van der Waals surface area contributed by atoms with Crippen LogP contribution in [0.1, 0.15) is 5.56 Å². The Bertz CT molecular complexity index is 836. The van der Waals surface area contributed by atoms with E-state index in [9.17, 15) is 21.6 Å². The Morgan fingerprint density at radius 3 is 2.17 bits per heavy atom. The highest BCUT2D eigenvalue weighted by Gasteiger charge is 2.34. The summed E-state index contributed by atoms with van der Waals surface area (Å²) in [5.41, 5.74) is -1.25. The summed E-state index contributed by atoms with van der Waals surface area (Å²) in [6.45, 7) is 0. The number of methoxy groups -OCH3 is 1. The average Bonchev–Trinajstić information content (AvgIpc) is 2.53. The van der Waals surface area contributed by atoms with Crippen molar-refractivity contribution >= 4 is 27.3 Å². The fourth-order valence-corrected chi connectivity index (χ4v) is 3.38. The number of ether oxygens (including phenoxy) is 1. The molecule has 0 aliphatic heterocycles. The first-order valence-electron chi connectivity index (χ1n) is 6.57. The lowest BCUT2D eigenvalue weighted by Crippen LogP contribution is -2.26. The number of rotatable bonds is 4. The Kier molecular flexibility index (Phi) is 5.00. The van der Waals surface area contributed by atoms with E-state index in [2.05, 4.69) is 0 Å². The summed E-state index contributed by atoms with van der Waals surface area (Å²) >= 11 is 5.55. The first kappa shape index (κ1) is 18.4. The zero-order valence-corrected chi connectivity index (χ0v) is 14.2. The number of benzene rings is 2. The summed E-state index contributed by atoms with van der Waals surface area (Å²) in [5, 5.41) is -0.499. The van der Waals surface area contributed by atoms with Crippen LogP contribution in [0.15, 0.2) is 47.4 Å². The van der Waals surface area contributed by atoms with Gasteiger partial charge in [0.2, 0.25) is 0 Å². The maximum Gasteiger partial charge on any atom is 0.417 e. The van der Waals surface area contributed by atoms with Gasteiger partial charge in [-0.3, -0.25) is 4.31 Å². The van der Waals surface area contributed by atoms with Crippen molar-refractivity contribution in [3.63, 3.8) is 0 Å². The highest BCUT2D eigenvalue weighted by Crippen LogP contribution is 2.37. The molecule has 24 heavy (non-hydrogen) atoms. The second kappa shape index (κ2) is 6.52. The second-order valence-corrected chi connectivity index (χ2v) is 7.19. The van der Waals surface area contributed by atoms with E-state index in [4.69, 9.17) is 16.3 Å². The third kappa shape index (κ3) is 3.59.